The molecule has 0 radical (unpaired) electrons. The summed E-state index contributed by atoms with van der Waals surface area (Å²) >= 11 is 12.4. The highest BCUT2D eigenvalue weighted by molar-refractivity contribution is 6.35. The van der Waals surface area contributed by atoms with E-state index in [1.165, 1.54) is 0 Å². The van der Waals surface area contributed by atoms with E-state index in [0.29, 0.717) is 22.0 Å². The van der Waals surface area contributed by atoms with Crippen LogP contribution in [0.3, 0.4) is 0 Å². The number of hydrogen-bond donors (Lipinski definition) is 0. The Morgan fingerprint density at radius 1 is 0.879 bits per heavy atom. The van der Waals surface area contributed by atoms with Gasteiger partial charge in [-0.1, -0.05) is 53.5 Å². The van der Waals surface area contributed by atoms with Crippen LogP contribution in [0.15, 0.2) is 60.8 Å². The molecule has 1 aliphatic heterocycles. The fraction of sp³-hybridized carbons (Fsp3) is 0.200. The topological polar surface area (TPSA) is 62.2 Å². The van der Waals surface area contributed by atoms with Gasteiger partial charge in [-0.15, -0.1) is 5.10 Å². The Morgan fingerprint density at radius 2 is 1.64 bits per heavy atom. The number of fused-ring (bicyclic) bond motifs is 1. The average Bonchev–Trinajstić information content (AvgIpc) is 2.86. The van der Waals surface area contributed by atoms with Crippen molar-refractivity contribution in [2.45, 2.75) is 6.42 Å². The third-order valence-electron chi connectivity index (χ3n) is 5.93. The molecule has 4 aromatic rings. The molecule has 8 heteroatoms. The maximum atomic E-state index is 10.9. The zero-order chi connectivity index (χ0) is 22.8. The summed E-state index contributed by atoms with van der Waals surface area (Å²) < 4.78 is 0. The van der Waals surface area contributed by atoms with Gasteiger partial charge in [-0.25, -0.2) is 4.98 Å². The number of aldehydes is 1. The second-order valence-electron chi connectivity index (χ2n) is 7.97. The number of aromatic nitrogens is 3. The number of carbonyl (C=O) groups excluding carboxylic acids is 1. The SMILES string of the molecule is O=Cc1ccc(N2CCN(c3nnc(Cc4ccc(Cl)cc4Cl)c4ccccc34)CC2)nc1. The first-order valence-electron chi connectivity index (χ1n) is 10.7. The number of pyridine rings is 1. The van der Waals surface area contributed by atoms with Gasteiger partial charge < -0.3 is 9.80 Å². The molecule has 2 aromatic heterocycles. The van der Waals surface area contributed by atoms with Crippen molar-refractivity contribution in [3.8, 4) is 0 Å². The molecule has 3 heterocycles. The van der Waals surface area contributed by atoms with Gasteiger partial charge in [-0.2, -0.15) is 5.10 Å². The van der Waals surface area contributed by atoms with Gasteiger partial charge in [0.25, 0.3) is 0 Å². The van der Waals surface area contributed by atoms with Crippen molar-refractivity contribution in [1.82, 2.24) is 15.2 Å². The van der Waals surface area contributed by atoms with Gasteiger partial charge in [0.1, 0.15) is 5.82 Å². The predicted molar refractivity (Wildman–Crippen MR) is 133 cm³/mol. The molecule has 1 saturated heterocycles. The molecule has 0 amide bonds. The first-order chi connectivity index (χ1) is 16.1. The van der Waals surface area contributed by atoms with Gasteiger partial charge in [-0.3, -0.25) is 4.79 Å². The van der Waals surface area contributed by atoms with Crippen LogP contribution in [0.1, 0.15) is 21.6 Å². The van der Waals surface area contributed by atoms with E-state index in [1.807, 2.05) is 30.3 Å². The van der Waals surface area contributed by atoms with E-state index in [1.54, 1.807) is 18.3 Å². The maximum absolute atomic E-state index is 10.9. The number of benzene rings is 2. The number of hydrogen-bond acceptors (Lipinski definition) is 6. The summed E-state index contributed by atoms with van der Waals surface area (Å²) in [6.45, 7) is 3.23. The zero-order valence-electron chi connectivity index (χ0n) is 17.8. The molecule has 1 fully saturated rings. The molecule has 0 bridgehead atoms. The smallest absolute Gasteiger partial charge is 0.159 e. The molecule has 2 aromatic carbocycles. The minimum atomic E-state index is 0.583. The number of nitrogens with zero attached hydrogens (tertiary/aromatic N) is 5. The fourth-order valence-electron chi connectivity index (χ4n) is 4.16. The highest BCUT2D eigenvalue weighted by Crippen LogP contribution is 2.30. The van der Waals surface area contributed by atoms with Gasteiger partial charge in [0, 0.05) is 65.2 Å². The molecule has 0 unspecified atom stereocenters. The molecule has 6 nitrogen and oxygen atoms in total. The second-order valence-corrected chi connectivity index (χ2v) is 8.81. The highest BCUT2D eigenvalue weighted by atomic mass is 35.5. The predicted octanol–water partition coefficient (Wildman–Crippen LogP) is 5.06. The van der Waals surface area contributed by atoms with Crippen molar-refractivity contribution < 1.29 is 4.79 Å². The van der Waals surface area contributed by atoms with E-state index in [4.69, 9.17) is 23.2 Å². The van der Waals surface area contributed by atoms with Crippen LogP contribution in [0.25, 0.3) is 10.8 Å². The molecule has 0 N–H and O–H groups in total. The van der Waals surface area contributed by atoms with Crippen molar-refractivity contribution in [3.63, 3.8) is 0 Å². The molecule has 0 spiro atoms. The van der Waals surface area contributed by atoms with Crippen LogP contribution in [0, 0.1) is 0 Å². The zero-order valence-corrected chi connectivity index (χ0v) is 19.3. The second kappa shape index (κ2) is 9.33. The molecule has 5 rings (SSSR count). The first-order valence-corrected chi connectivity index (χ1v) is 11.5. The van der Waals surface area contributed by atoms with Crippen LogP contribution in [-0.4, -0.2) is 47.6 Å². The largest absolute Gasteiger partial charge is 0.353 e. The molecule has 0 aliphatic carbocycles. The van der Waals surface area contributed by atoms with Crippen LogP contribution < -0.4 is 9.80 Å². The Bertz CT molecular complexity index is 1300. The van der Waals surface area contributed by atoms with E-state index >= 15 is 0 Å². The lowest BCUT2D eigenvalue weighted by atomic mass is 10.0. The van der Waals surface area contributed by atoms with Gasteiger partial charge in [-0.05, 0) is 29.8 Å². The number of halogens is 2. The summed E-state index contributed by atoms with van der Waals surface area (Å²) in [4.78, 5) is 19.8. The Kier molecular flexibility index (Phi) is 6.11. The van der Waals surface area contributed by atoms with Gasteiger partial charge in [0.05, 0.1) is 5.69 Å². The summed E-state index contributed by atoms with van der Waals surface area (Å²) in [5.74, 6) is 1.77. The molecular formula is C25H21Cl2N5O. The van der Waals surface area contributed by atoms with E-state index in [2.05, 4.69) is 37.1 Å². The van der Waals surface area contributed by atoms with Gasteiger partial charge in [0.15, 0.2) is 12.1 Å². The summed E-state index contributed by atoms with van der Waals surface area (Å²) in [5, 5.41) is 12.6. The van der Waals surface area contributed by atoms with Crippen LogP contribution in [-0.2, 0) is 6.42 Å². The van der Waals surface area contributed by atoms with Gasteiger partial charge >= 0.3 is 0 Å². The summed E-state index contributed by atoms with van der Waals surface area (Å²) in [6, 6.07) is 17.5. The van der Waals surface area contributed by atoms with Crippen LogP contribution in [0.4, 0.5) is 11.6 Å². The minimum absolute atomic E-state index is 0.583. The lowest BCUT2D eigenvalue weighted by Gasteiger charge is -2.36. The molecule has 0 saturated carbocycles. The quantitative estimate of drug-likeness (QED) is 0.374. The van der Waals surface area contributed by atoms with Crippen molar-refractivity contribution in [1.29, 1.82) is 0 Å². The van der Waals surface area contributed by atoms with Crippen LogP contribution in [0.5, 0.6) is 0 Å². The van der Waals surface area contributed by atoms with Crippen molar-refractivity contribution in [2.75, 3.05) is 36.0 Å². The Labute approximate surface area is 201 Å². The fourth-order valence-corrected chi connectivity index (χ4v) is 4.63. The molecule has 1 aliphatic rings. The number of rotatable bonds is 5. The lowest BCUT2D eigenvalue weighted by Crippen LogP contribution is -2.47. The van der Waals surface area contributed by atoms with E-state index in [0.717, 1.165) is 66.1 Å². The lowest BCUT2D eigenvalue weighted by molar-refractivity contribution is 0.112. The van der Waals surface area contributed by atoms with Crippen molar-refractivity contribution in [2.24, 2.45) is 0 Å². The highest BCUT2D eigenvalue weighted by Gasteiger charge is 2.22. The number of anilines is 2. The van der Waals surface area contributed by atoms with Crippen LogP contribution >= 0.6 is 23.2 Å². The molecule has 33 heavy (non-hydrogen) atoms. The Balaban J connectivity index is 1.38. The average molecular weight is 478 g/mol. The molecule has 0 atom stereocenters. The van der Waals surface area contributed by atoms with Crippen LogP contribution in [0.2, 0.25) is 10.0 Å². The third-order valence-corrected chi connectivity index (χ3v) is 6.51. The number of carbonyl (C=O) groups is 1. The number of piperazine rings is 1. The maximum Gasteiger partial charge on any atom is 0.159 e. The Hall–Kier alpha value is -3.22. The van der Waals surface area contributed by atoms with E-state index in [-0.39, 0.29) is 0 Å². The Morgan fingerprint density at radius 3 is 2.33 bits per heavy atom. The summed E-state index contributed by atoms with van der Waals surface area (Å²) in [5.41, 5.74) is 2.44. The van der Waals surface area contributed by atoms with Gasteiger partial charge in [0.2, 0.25) is 0 Å². The third kappa shape index (κ3) is 4.49. The van der Waals surface area contributed by atoms with Crippen molar-refractivity contribution in [3.05, 3.63) is 87.7 Å². The minimum Gasteiger partial charge on any atom is -0.353 e. The summed E-state index contributed by atoms with van der Waals surface area (Å²) in [7, 11) is 0. The molecular weight excluding hydrogens is 457 g/mol. The van der Waals surface area contributed by atoms with Crippen molar-refractivity contribution >= 4 is 51.9 Å². The normalized spacial score (nSPS) is 14.0. The standard InChI is InChI=1S/C25H21Cl2N5O/c26-19-7-6-18(22(27)14-19)13-23-20-3-1-2-4-21(20)25(30-29-23)32-11-9-31(10-12-32)24-8-5-17(16-33)15-28-24/h1-8,14-16H,9-13H2. The summed E-state index contributed by atoms with van der Waals surface area (Å²) in [6.07, 6.45) is 3.00. The van der Waals surface area contributed by atoms with E-state index in [9.17, 15) is 4.79 Å². The van der Waals surface area contributed by atoms with E-state index < -0.39 is 0 Å². The first kappa shape index (κ1) is 21.6. The monoisotopic (exact) mass is 477 g/mol. The molecule has 166 valence electrons.